The van der Waals surface area contributed by atoms with Crippen LogP contribution in [-0.4, -0.2) is 50.7 Å². The molecule has 0 amide bonds. The zero-order valence-corrected chi connectivity index (χ0v) is 25.4. The van der Waals surface area contributed by atoms with Gasteiger partial charge in [-0.2, -0.15) is 0 Å². The smallest absolute Gasteiger partial charge is 0.192 e. The van der Waals surface area contributed by atoms with Gasteiger partial charge in [0.1, 0.15) is 23.9 Å². The third-order valence-electron chi connectivity index (χ3n) is 8.03. The summed E-state index contributed by atoms with van der Waals surface area (Å²) in [6.07, 6.45) is -1.94. The number of ether oxygens (including phenoxy) is 3. The summed E-state index contributed by atoms with van der Waals surface area (Å²) in [6.45, 7) is 15.2. The monoisotopic (exact) mass is 548 g/mol. The zero-order valence-electron chi connectivity index (χ0n) is 24.4. The molecule has 0 aliphatic carbocycles. The van der Waals surface area contributed by atoms with Crippen LogP contribution in [0.2, 0.25) is 18.1 Å². The molecule has 1 fully saturated rings. The van der Waals surface area contributed by atoms with E-state index in [1.807, 2.05) is 68.4 Å². The van der Waals surface area contributed by atoms with Crippen molar-refractivity contribution in [3.8, 4) is 0 Å². The highest BCUT2D eigenvalue weighted by Gasteiger charge is 2.48. The van der Waals surface area contributed by atoms with Crippen LogP contribution in [0.4, 0.5) is 0 Å². The molecule has 0 saturated carbocycles. The maximum atomic E-state index is 11.6. The van der Waals surface area contributed by atoms with Crippen molar-refractivity contribution >= 4 is 8.32 Å². The first-order chi connectivity index (χ1) is 18.4. The van der Waals surface area contributed by atoms with Gasteiger partial charge in [0.2, 0.25) is 0 Å². The summed E-state index contributed by atoms with van der Waals surface area (Å²) in [5, 5.41) is 11.6. The van der Waals surface area contributed by atoms with Gasteiger partial charge in [-0.15, -0.1) is 0 Å². The Kier molecular flexibility index (Phi) is 8.86. The molecule has 6 heteroatoms. The number of hydrogen-bond acceptors (Lipinski definition) is 5. The molecule has 0 aromatic heterocycles. The minimum atomic E-state index is -2.01. The van der Waals surface area contributed by atoms with Crippen LogP contribution in [0.5, 0.6) is 0 Å². The Morgan fingerprint density at radius 2 is 1.23 bits per heavy atom. The second-order valence-corrected chi connectivity index (χ2v) is 17.2. The zero-order chi connectivity index (χ0) is 28.3. The van der Waals surface area contributed by atoms with Gasteiger partial charge in [-0.05, 0) is 48.7 Å². The van der Waals surface area contributed by atoms with Gasteiger partial charge in [-0.25, -0.2) is 0 Å². The molecule has 1 heterocycles. The molecule has 1 saturated heterocycles. The van der Waals surface area contributed by atoms with Crippen molar-refractivity contribution in [3.63, 3.8) is 0 Å². The summed E-state index contributed by atoms with van der Waals surface area (Å²) < 4.78 is 25.8. The lowest BCUT2D eigenvalue weighted by atomic mass is 9.80. The van der Waals surface area contributed by atoms with Gasteiger partial charge in [-0.3, -0.25) is 0 Å². The third-order valence-corrected chi connectivity index (χ3v) is 12.5. The van der Waals surface area contributed by atoms with E-state index in [0.717, 1.165) is 16.7 Å². The number of rotatable bonds is 10. The average Bonchev–Trinajstić information content (AvgIpc) is 3.23. The fraction of sp³-hybridized carbons (Fsp3) is 0.455. The highest BCUT2D eigenvalue weighted by Crippen LogP contribution is 2.42. The van der Waals surface area contributed by atoms with Gasteiger partial charge >= 0.3 is 0 Å². The van der Waals surface area contributed by atoms with Gasteiger partial charge in [0, 0.05) is 0 Å². The van der Waals surface area contributed by atoms with Crippen LogP contribution in [0.1, 0.15) is 51.3 Å². The second-order valence-electron chi connectivity index (χ2n) is 12.4. The molecule has 1 aliphatic heterocycles. The molecule has 3 aromatic rings. The lowest BCUT2D eigenvalue weighted by molar-refractivity contribution is -0.162. The Bertz CT molecular complexity index is 1080. The van der Waals surface area contributed by atoms with Gasteiger partial charge in [0.05, 0.1) is 13.2 Å². The molecule has 1 unspecified atom stereocenters. The van der Waals surface area contributed by atoms with Crippen molar-refractivity contribution in [2.75, 3.05) is 13.2 Å². The van der Waals surface area contributed by atoms with Crippen LogP contribution in [0.15, 0.2) is 91.0 Å². The Morgan fingerprint density at radius 3 is 1.64 bits per heavy atom. The molecule has 1 aliphatic rings. The van der Waals surface area contributed by atoms with Crippen LogP contribution >= 0.6 is 0 Å². The first-order valence-corrected chi connectivity index (χ1v) is 16.7. The van der Waals surface area contributed by atoms with Gasteiger partial charge < -0.3 is 23.7 Å². The van der Waals surface area contributed by atoms with Crippen molar-refractivity contribution in [2.24, 2.45) is 0 Å². The van der Waals surface area contributed by atoms with E-state index in [1.165, 1.54) is 0 Å². The van der Waals surface area contributed by atoms with Crippen LogP contribution in [0, 0.1) is 0 Å². The maximum Gasteiger partial charge on any atom is 0.192 e. The van der Waals surface area contributed by atoms with Crippen LogP contribution in [0.3, 0.4) is 0 Å². The van der Waals surface area contributed by atoms with Crippen LogP contribution in [0.25, 0.3) is 0 Å². The summed E-state index contributed by atoms with van der Waals surface area (Å²) >= 11 is 0. The molecular formula is C33H44O5Si. The highest BCUT2D eigenvalue weighted by molar-refractivity contribution is 6.74. The summed E-state index contributed by atoms with van der Waals surface area (Å²) in [5.41, 5.74) is 2.02. The number of benzene rings is 3. The van der Waals surface area contributed by atoms with Crippen LogP contribution in [-0.2, 0) is 24.2 Å². The number of aliphatic hydroxyl groups excluding tert-OH is 1. The Morgan fingerprint density at radius 1 is 0.795 bits per heavy atom. The molecule has 3 atom stereocenters. The van der Waals surface area contributed by atoms with E-state index >= 15 is 0 Å². The molecule has 0 spiro atoms. The molecule has 210 valence electrons. The van der Waals surface area contributed by atoms with E-state index in [-0.39, 0.29) is 11.6 Å². The average molecular weight is 549 g/mol. The lowest BCUT2D eigenvalue weighted by Gasteiger charge is -2.38. The van der Waals surface area contributed by atoms with E-state index in [9.17, 15) is 5.11 Å². The normalized spacial score (nSPS) is 20.6. The summed E-state index contributed by atoms with van der Waals surface area (Å²) in [6, 6.07) is 30.5. The molecule has 0 radical (unpaired) electrons. The quantitative estimate of drug-likeness (QED) is 0.221. The molecule has 5 nitrogen and oxygen atoms in total. The van der Waals surface area contributed by atoms with Crippen molar-refractivity contribution in [1.82, 2.24) is 0 Å². The van der Waals surface area contributed by atoms with E-state index in [0.29, 0.717) is 6.61 Å². The number of hydrogen-bond donors (Lipinski definition) is 1. The molecular weight excluding hydrogens is 504 g/mol. The standard InChI is InChI=1S/C33H44O5Si/c1-31(2,3)39(6,7)36-24-29-30(38-32(4,5)37-29)28(34)23-35-33(25-17-11-8-12-18-25,26-19-13-9-14-20-26)27-21-15-10-16-22-27/h8-22,28-30,34H,23-24H2,1-7H3/t28?,29-,30+/m0/s1. The Labute approximate surface area is 235 Å². The van der Waals surface area contributed by atoms with E-state index in [2.05, 4.69) is 70.3 Å². The van der Waals surface area contributed by atoms with Crippen molar-refractivity contribution in [2.45, 2.75) is 82.5 Å². The number of aliphatic hydroxyl groups is 1. The third kappa shape index (κ3) is 6.54. The van der Waals surface area contributed by atoms with E-state index in [4.69, 9.17) is 18.6 Å². The summed E-state index contributed by atoms with van der Waals surface area (Å²) in [7, 11) is -2.01. The van der Waals surface area contributed by atoms with Crippen LogP contribution < -0.4 is 0 Å². The highest BCUT2D eigenvalue weighted by atomic mass is 28.4. The second kappa shape index (κ2) is 11.7. The molecule has 39 heavy (non-hydrogen) atoms. The van der Waals surface area contributed by atoms with Gasteiger partial charge in [0.25, 0.3) is 0 Å². The van der Waals surface area contributed by atoms with E-state index < -0.39 is 38.0 Å². The first-order valence-electron chi connectivity index (χ1n) is 13.8. The SMILES string of the molecule is CC1(C)O[C@@H](CO[Si](C)(C)C(C)(C)C)[C@@H](C(O)COC(c2ccccc2)(c2ccccc2)c2ccccc2)O1. The summed E-state index contributed by atoms with van der Waals surface area (Å²) in [5.74, 6) is -0.831. The Hall–Kier alpha value is -2.32. The van der Waals surface area contributed by atoms with Gasteiger partial charge in [0.15, 0.2) is 14.1 Å². The largest absolute Gasteiger partial charge is 0.414 e. The van der Waals surface area contributed by atoms with Crippen molar-refractivity contribution in [1.29, 1.82) is 0 Å². The topological polar surface area (TPSA) is 57.2 Å². The predicted molar refractivity (Wildman–Crippen MR) is 158 cm³/mol. The first kappa shape index (κ1) is 29.7. The fourth-order valence-electron chi connectivity index (χ4n) is 4.90. The molecule has 3 aromatic carbocycles. The van der Waals surface area contributed by atoms with Crippen molar-refractivity contribution in [3.05, 3.63) is 108 Å². The molecule has 1 N–H and O–H groups in total. The van der Waals surface area contributed by atoms with Crippen molar-refractivity contribution < 1.29 is 23.7 Å². The lowest BCUT2D eigenvalue weighted by Crippen LogP contribution is -2.47. The van der Waals surface area contributed by atoms with Gasteiger partial charge in [-0.1, -0.05) is 112 Å². The molecule has 0 bridgehead atoms. The Balaban J connectivity index is 1.64. The maximum absolute atomic E-state index is 11.6. The molecule has 4 rings (SSSR count). The summed E-state index contributed by atoms with van der Waals surface area (Å²) in [4.78, 5) is 0. The minimum absolute atomic E-state index is 0.0411. The minimum Gasteiger partial charge on any atom is -0.414 e. The predicted octanol–water partition coefficient (Wildman–Crippen LogP) is 6.90. The fourth-order valence-corrected chi connectivity index (χ4v) is 5.91. The van der Waals surface area contributed by atoms with E-state index in [1.54, 1.807) is 0 Å².